The van der Waals surface area contributed by atoms with Crippen LogP contribution in [-0.4, -0.2) is 43.9 Å². The molecule has 0 aliphatic carbocycles. The van der Waals surface area contributed by atoms with Crippen molar-refractivity contribution in [1.29, 1.82) is 0 Å². The Hall–Kier alpha value is -2.29. The van der Waals surface area contributed by atoms with Crippen LogP contribution in [0.15, 0.2) is 24.3 Å². The molecule has 1 saturated heterocycles. The second kappa shape index (κ2) is 8.19. The lowest BCUT2D eigenvalue weighted by Gasteiger charge is -2.18. The van der Waals surface area contributed by atoms with Gasteiger partial charge in [-0.05, 0) is 31.5 Å². The first-order chi connectivity index (χ1) is 11.7. The predicted molar refractivity (Wildman–Crippen MR) is 86.5 cm³/mol. The van der Waals surface area contributed by atoms with Crippen LogP contribution in [0.25, 0.3) is 0 Å². The van der Waals surface area contributed by atoms with E-state index in [1.54, 1.807) is 29.2 Å². The van der Waals surface area contributed by atoms with Gasteiger partial charge in [-0.2, -0.15) is 13.2 Å². The van der Waals surface area contributed by atoms with E-state index in [2.05, 4.69) is 15.4 Å². The van der Waals surface area contributed by atoms with Crippen molar-refractivity contribution in [2.75, 3.05) is 30.0 Å². The van der Waals surface area contributed by atoms with Gasteiger partial charge in [-0.15, -0.1) is 0 Å². The van der Waals surface area contributed by atoms with Gasteiger partial charge in [-0.3, -0.25) is 4.79 Å². The van der Waals surface area contributed by atoms with E-state index < -0.39 is 24.9 Å². The summed E-state index contributed by atoms with van der Waals surface area (Å²) in [5.41, 5.74) is 1.18. The van der Waals surface area contributed by atoms with Crippen molar-refractivity contribution in [1.82, 2.24) is 5.32 Å². The summed E-state index contributed by atoms with van der Waals surface area (Å²) in [7, 11) is 0. The molecule has 0 radical (unpaired) electrons. The maximum Gasteiger partial charge on any atom is 0.411 e. The van der Waals surface area contributed by atoms with E-state index in [0.29, 0.717) is 24.3 Å². The van der Waals surface area contributed by atoms with E-state index in [9.17, 15) is 22.8 Å². The second-order valence-corrected chi connectivity index (χ2v) is 5.83. The minimum atomic E-state index is -4.39. The lowest BCUT2D eigenvalue weighted by molar-refractivity contribution is -0.174. The Kier molecular flexibility index (Phi) is 6.24. The average Bonchev–Trinajstić information content (AvgIpc) is 2.92. The van der Waals surface area contributed by atoms with Crippen LogP contribution >= 0.6 is 0 Å². The van der Waals surface area contributed by atoms with Crippen molar-refractivity contribution in [2.45, 2.75) is 32.0 Å². The van der Waals surface area contributed by atoms with Crippen molar-refractivity contribution < 1.29 is 27.5 Å². The number of rotatable bonds is 6. The zero-order valence-corrected chi connectivity index (χ0v) is 13.7. The number of urea groups is 1. The topological polar surface area (TPSA) is 70.7 Å². The first-order valence-corrected chi connectivity index (χ1v) is 7.87. The molecule has 1 aromatic carbocycles. The molecule has 0 spiro atoms. The summed E-state index contributed by atoms with van der Waals surface area (Å²) in [4.78, 5) is 25.3. The van der Waals surface area contributed by atoms with Crippen LogP contribution in [-0.2, 0) is 9.53 Å². The Morgan fingerprint density at radius 3 is 2.80 bits per heavy atom. The number of benzene rings is 1. The number of carbonyl (C=O) groups is 2. The van der Waals surface area contributed by atoms with Gasteiger partial charge < -0.3 is 20.3 Å². The Labute approximate surface area is 143 Å². The molecule has 0 aromatic heterocycles. The molecule has 1 atom stereocenters. The van der Waals surface area contributed by atoms with Crippen LogP contribution in [0.4, 0.5) is 29.3 Å². The molecule has 6 nitrogen and oxygen atoms in total. The Bertz CT molecular complexity index is 622. The third-order valence-electron chi connectivity index (χ3n) is 3.50. The summed E-state index contributed by atoms with van der Waals surface area (Å²) in [5, 5.41) is 5.08. The SMILES string of the molecule is CC(COCC(F)(F)F)NC(=O)Nc1cccc(N2CCCC2=O)c1. The molecule has 138 valence electrons. The minimum Gasteiger partial charge on any atom is -0.370 e. The number of nitrogens with one attached hydrogen (secondary N) is 2. The highest BCUT2D eigenvalue weighted by Crippen LogP contribution is 2.24. The number of halogens is 3. The van der Waals surface area contributed by atoms with Crippen LogP contribution in [0, 0.1) is 0 Å². The number of nitrogens with zero attached hydrogens (tertiary/aromatic N) is 1. The fourth-order valence-corrected chi connectivity index (χ4v) is 2.46. The van der Waals surface area contributed by atoms with Crippen LogP contribution in [0.1, 0.15) is 19.8 Å². The fraction of sp³-hybridized carbons (Fsp3) is 0.500. The highest BCUT2D eigenvalue weighted by atomic mass is 19.4. The Balaban J connectivity index is 1.83. The summed E-state index contributed by atoms with van der Waals surface area (Å²) >= 11 is 0. The van der Waals surface area contributed by atoms with Gasteiger partial charge in [0.05, 0.1) is 12.6 Å². The Morgan fingerprint density at radius 1 is 1.40 bits per heavy atom. The first kappa shape index (κ1) is 19.0. The molecule has 2 rings (SSSR count). The lowest BCUT2D eigenvalue weighted by Crippen LogP contribution is -2.39. The second-order valence-electron chi connectivity index (χ2n) is 5.83. The maximum absolute atomic E-state index is 12.0. The highest BCUT2D eigenvalue weighted by Gasteiger charge is 2.27. The summed E-state index contributed by atoms with van der Waals surface area (Å²) in [6, 6.07) is 5.67. The van der Waals surface area contributed by atoms with Crippen molar-refractivity contribution in [3.8, 4) is 0 Å². The number of anilines is 2. The van der Waals surface area contributed by atoms with Gasteiger partial charge in [0.1, 0.15) is 6.61 Å². The van der Waals surface area contributed by atoms with Crippen LogP contribution in [0.2, 0.25) is 0 Å². The smallest absolute Gasteiger partial charge is 0.370 e. The normalized spacial score (nSPS) is 16.0. The number of ether oxygens (including phenoxy) is 1. The van der Waals surface area contributed by atoms with E-state index in [0.717, 1.165) is 6.42 Å². The van der Waals surface area contributed by atoms with Crippen LogP contribution in [0.5, 0.6) is 0 Å². The molecule has 9 heteroatoms. The van der Waals surface area contributed by atoms with E-state index in [4.69, 9.17) is 0 Å². The van der Waals surface area contributed by atoms with Gasteiger partial charge in [0, 0.05) is 24.3 Å². The number of alkyl halides is 3. The third-order valence-corrected chi connectivity index (χ3v) is 3.50. The summed E-state index contributed by atoms with van der Waals surface area (Å²) in [5.74, 6) is 0.0389. The van der Waals surface area contributed by atoms with Gasteiger partial charge in [0.15, 0.2) is 0 Å². The minimum absolute atomic E-state index is 0.0389. The van der Waals surface area contributed by atoms with Gasteiger partial charge in [-0.25, -0.2) is 4.79 Å². The van der Waals surface area contributed by atoms with Gasteiger partial charge >= 0.3 is 12.2 Å². The molecule has 1 heterocycles. The van der Waals surface area contributed by atoms with Gasteiger partial charge in [-0.1, -0.05) is 6.07 Å². The third kappa shape index (κ3) is 6.26. The molecule has 1 fully saturated rings. The summed E-state index contributed by atoms with van der Waals surface area (Å²) < 4.78 is 40.5. The monoisotopic (exact) mass is 359 g/mol. The van der Waals surface area contributed by atoms with Crippen molar-refractivity contribution in [2.24, 2.45) is 0 Å². The molecular weight excluding hydrogens is 339 g/mol. The molecule has 3 amide bonds. The zero-order valence-electron chi connectivity index (χ0n) is 13.7. The average molecular weight is 359 g/mol. The van der Waals surface area contributed by atoms with Gasteiger partial charge in [0.2, 0.25) is 5.91 Å². The zero-order chi connectivity index (χ0) is 18.4. The molecule has 1 unspecified atom stereocenters. The highest BCUT2D eigenvalue weighted by molar-refractivity contribution is 5.96. The Morgan fingerprint density at radius 2 is 2.16 bits per heavy atom. The van der Waals surface area contributed by atoms with Crippen LogP contribution < -0.4 is 15.5 Å². The van der Waals surface area contributed by atoms with Crippen molar-refractivity contribution >= 4 is 23.3 Å². The van der Waals surface area contributed by atoms with E-state index in [1.807, 2.05) is 0 Å². The molecule has 0 bridgehead atoms. The first-order valence-electron chi connectivity index (χ1n) is 7.87. The molecule has 1 aromatic rings. The fourth-order valence-electron chi connectivity index (χ4n) is 2.46. The van der Waals surface area contributed by atoms with E-state index >= 15 is 0 Å². The number of amides is 3. The molecular formula is C16H20F3N3O3. The van der Waals surface area contributed by atoms with E-state index in [-0.39, 0.29) is 12.5 Å². The largest absolute Gasteiger partial charge is 0.411 e. The number of hydrogen-bond donors (Lipinski definition) is 2. The summed E-state index contributed by atoms with van der Waals surface area (Å²) in [6.45, 7) is 0.569. The predicted octanol–water partition coefficient (Wildman–Crippen LogP) is 2.90. The molecule has 1 aliphatic heterocycles. The molecule has 2 N–H and O–H groups in total. The summed E-state index contributed by atoms with van der Waals surface area (Å²) in [6.07, 6.45) is -3.09. The molecule has 0 saturated carbocycles. The lowest BCUT2D eigenvalue weighted by atomic mass is 10.2. The maximum atomic E-state index is 12.0. The molecule has 25 heavy (non-hydrogen) atoms. The number of hydrogen-bond acceptors (Lipinski definition) is 3. The van der Waals surface area contributed by atoms with Gasteiger partial charge in [0.25, 0.3) is 0 Å². The van der Waals surface area contributed by atoms with Crippen molar-refractivity contribution in [3.63, 3.8) is 0 Å². The van der Waals surface area contributed by atoms with Crippen LogP contribution in [0.3, 0.4) is 0 Å². The van der Waals surface area contributed by atoms with Crippen molar-refractivity contribution in [3.05, 3.63) is 24.3 Å². The number of carbonyl (C=O) groups excluding carboxylic acids is 2. The van der Waals surface area contributed by atoms with E-state index in [1.165, 1.54) is 6.92 Å². The molecule has 1 aliphatic rings. The quantitative estimate of drug-likeness (QED) is 0.820. The standard InChI is InChI=1S/C16H20F3N3O3/c1-11(9-25-10-16(17,18)19)20-15(24)21-12-4-2-5-13(8-12)22-7-3-6-14(22)23/h2,4-5,8,11H,3,6-7,9-10H2,1H3,(H2,20,21,24).